The predicted molar refractivity (Wildman–Crippen MR) is 73.6 cm³/mol. The Bertz CT molecular complexity index is 507. The van der Waals surface area contributed by atoms with Crippen molar-refractivity contribution < 1.29 is 14.0 Å². The fourth-order valence-electron chi connectivity index (χ4n) is 2.30. The fraction of sp³-hybridized carbons (Fsp3) is 0.429. The molecule has 1 aromatic rings. The number of nitrogens with one attached hydrogen (secondary N) is 1. The van der Waals surface area contributed by atoms with Crippen molar-refractivity contribution in [1.29, 1.82) is 0 Å². The molecule has 0 aliphatic carbocycles. The number of nitrogens with zero attached hydrogens (tertiary/aromatic N) is 1. The van der Waals surface area contributed by atoms with Crippen LogP contribution in [-0.2, 0) is 4.79 Å². The van der Waals surface area contributed by atoms with Crippen molar-refractivity contribution in [3.05, 3.63) is 29.6 Å². The molecule has 5 nitrogen and oxygen atoms in total. The van der Waals surface area contributed by atoms with Gasteiger partial charge in [0.2, 0.25) is 5.91 Å². The first-order valence-corrected chi connectivity index (χ1v) is 6.63. The van der Waals surface area contributed by atoms with E-state index in [1.54, 1.807) is 11.8 Å². The van der Waals surface area contributed by atoms with E-state index >= 15 is 0 Å². The normalized spacial score (nSPS) is 16.0. The summed E-state index contributed by atoms with van der Waals surface area (Å²) in [4.78, 5) is 25.8. The highest BCUT2D eigenvalue weighted by Crippen LogP contribution is 2.12. The maximum absolute atomic E-state index is 13.2. The molecule has 0 radical (unpaired) electrons. The lowest BCUT2D eigenvalue weighted by Crippen LogP contribution is -2.45. The SMILES string of the molecule is CC(NC(=O)c1cc(N)cc(F)c1)C(=O)N1CCCC1. The van der Waals surface area contributed by atoms with Gasteiger partial charge in [-0.05, 0) is 38.0 Å². The number of amides is 2. The van der Waals surface area contributed by atoms with Crippen LogP contribution in [0, 0.1) is 5.82 Å². The van der Waals surface area contributed by atoms with E-state index in [-0.39, 0.29) is 17.2 Å². The molecule has 0 spiro atoms. The van der Waals surface area contributed by atoms with Gasteiger partial charge in [0.05, 0.1) is 0 Å². The van der Waals surface area contributed by atoms with E-state index in [1.165, 1.54) is 6.07 Å². The lowest BCUT2D eigenvalue weighted by atomic mass is 10.1. The molecule has 1 atom stereocenters. The lowest BCUT2D eigenvalue weighted by molar-refractivity contribution is -0.131. The maximum Gasteiger partial charge on any atom is 0.252 e. The van der Waals surface area contributed by atoms with E-state index in [4.69, 9.17) is 5.73 Å². The summed E-state index contributed by atoms with van der Waals surface area (Å²) in [5.74, 6) is -1.19. The highest BCUT2D eigenvalue weighted by atomic mass is 19.1. The summed E-state index contributed by atoms with van der Waals surface area (Å²) in [5.41, 5.74) is 5.78. The second-order valence-corrected chi connectivity index (χ2v) is 5.00. The monoisotopic (exact) mass is 279 g/mol. The number of hydrogen-bond donors (Lipinski definition) is 2. The van der Waals surface area contributed by atoms with Gasteiger partial charge in [-0.25, -0.2) is 4.39 Å². The number of halogens is 1. The molecule has 20 heavy (non-hydrogen) atoms. The first-order valence-electron chi connectivity index (χ1n) is 6.63. The second kappa shape index (κ2) is 5.90. The number of carbonyl (C=O) groups is 2. The third-order valence-corrected chi connectivity index (χ3v) is 3.32. The van der Waals surface area contributed by atoms with Crippen molar-refractivity contribution >= 4 is 17.5 Å². The Kier molecular flexibility index (Phi) is 4.22. The average molecular weight is 279 g/mol. The van der Waals surface area contributed by atoms with Crippen molar-refractivity contribution in [3.8, 4) is 0 Å². The molecule has 0 saturated carbocycles. The van der Waals surface area contributed by atoms with Crippen LogP contribution < -0.4 is 11.1 Å². The summed E-state index contributed by atoms with van der Waals surface area (Å²) in [7, 11) is 0. The summed E-state index contributed by atoms with van der Waals surface area (Å²) in [6.07, 6.45) is 1.99. The molecule has 1 heterocycles. The lowest BCUT2D eigenvalue weighted by Gasteiger charge is -2.21. The number of rotatable bonds is 3. The van der Waals surface area contributed by atoms with E-state index in [2.05, 4.69) is 5.32 Å². The standard InChI is InChI=1S/C14H18FN3O2/c1-9(14(20)18-4-2-3-5-18)17-13(19)10-6-11(15)8-12(16)7-10/h6-9H,2-5,16H2,1H3,(H,17,19). The maximum atomic E-state index is 13.2. The van der Waals surface area contributed by atoms with Gasteiger partial charge in [-0.3, -0.25) is 9.59 Å². The van der Waals surface area contributed by atoms with E-state index in [9.17, 15) is 14.0 Å². The van der Waals surface area contributed by atoms with Crippen molar-refractivity contribution in [2.45, 2.75) is 25.8 Å². The summed E-state index contributed by atoms with van der Waals surface area (Å²) in [6, 6.07) is 2.98. The molecule has 1 fully saturated rings. The van der Waals surface area contributed by atoms with Crippen LogP contribution in [0.25, 0.3) is 0 Å². The van der Waals surface area contributed by atoms with Crippen LogP contribution in [0.4, 0.5) is 10.1 Å². The van der Waals surface area contributed by atoms with Gasteiger partial charge in [0.1, 0.15) is 11.9 Å². The Labute approximate surface area is 116 Å². The second-order valence-electron chi connectivity index (χ2n) is 5.00. The van der Waals surface area contributed by atoms with Crippen LogP contribution in [0.1, 0.15) is 30.1 Å². The van der Waals surface area contributed by atoms with E-state index in [0.717, 1.165) is 38.1 Å². The molecule has 108 valence electrons. The molecule has 3 N–H and O–H groups in total. The largest absolute Gasteiger partial charge is 0.399 e. The molecule has 1 aliphatic rings. The predicted octanol–water partition coefficient (Wildman–Crippen LogP) is 1.15. The number of carbonyl (C=O) groups excluding carboxylic acids is 2. The number of nitrogen functional groups attached to an aromatic ring is 1. The van der Waals surface area contributed by atoms with Crippen LogP contribution in [0.15, 0.2) is 18.2 Å². The Hall–Kier alpha value is -2.11. The molecular formula is C14H18FN3O2. The zero-order valence-electron chi connectivity index (χ0n) is 11.4. The number of anilines is 1. The smallest absolute Gasteiger partial charge is 0.252 e. The summed E-state index contributed by atoms with van der Waals surface area (Å²) in [6.45, 7) is 3.08. The van der Waals surface area contributed by atoms with Gasteiger partial charge in [0, 0.05) is 24.3 Å². The quantitative estimate of drug-likeness (QED) is 0.815. The van der Waals surface area contributed by atoms with E-state index in [0.29, 0.717) is 0 Å². The Balaban J connectivity index is 2.01. The van der Waals surface area contributed by atoms with Crippen LogP contribution in [-0.4, -0.2) is 35.8 Å². The number of likely N-dealkylation sites (tertiary alicyclic amines) is 1. The Morgan fingerprint density at radius 1 is 1.30 bits per heavy atom. The summed E-state index contributed by atoms with van der Waals surface area (Å²) in [5, 5.41) is 2.57. The van der Waals surface area contributed by atoms with Crippen molar-refractivity contribution in [1.82, 2.24) is 10.2 Å². The van der Waals surface area contributed by atoms with Crippen LogP contribution in [0.5, 0.6) is 0 Å². The van der Waals surface area contributed by atoms with Crippen molar-refractivity contribution in [2.75, 3.05) is 18.8 Å². The van der Waals surface area contributed by atoms with Crippen LogP contribution >= 0.6 is 0 Å². The Morgan fingerprint density at radius 2 is 1.95 bits per heavy atom. The summed E-state index contributed by atoms with van der Waals surface area (Å²) < 4.78 is 13.2. The molecule has 1 aromatic carbocycles. The topological polar surface area (TPSA) is 75.4 Å². The van der Waals surface area contributed by atoms with Crippen LogP contribution in [0.3, 0.4) is 0 Å². The van der Waals surface area contributed by atoms with Gasteiger partial charge in [0.25, 0.3) is 5.91 Å². The van der Waals surface area contributed by atoms with Gasteiger partial charge in [0.15, 0.2) is 0 Å². The first kappa shape index (κ1) is 14.3. The molecule has 1 saturated heterocycles. The number of benzene rings is 1. The minimum Gasteiger partial charge on any atom is -0.399 e. The molecule has 0 bridgehead atoms. The van der Waals surface area contributed by atoms with Crippen LogP contribution in [0.2, 0.25) is 0 Å². The Morgan fingerprint density at radius 3 is 2.55 bits per heavy atom. The van der Waals surface area contributed by atoms with Crippen molar-refractivity contribution in [2.24, 2.45) is 0 Å². The highest BCUT2D eigenvalue weighted by Gasteiger charge is 2.24. The highest BCUT2D eigenvalue weighted by molar-refractivity contribution is 5.98. The first-order chi connectivity index (χ1) is 9.47. The van der Waals surface area contributed by atoms with Gasteiger partial charge in [-0.15, -0.1) is 0 Å². The zero-order chi connectivity index (χ0) is 14.7. The molecule has 2 amide bonds. The number of hydrogen-bond acceptors (Lipinski definition) is 3. The molecule has 1 aliphatic heterocycles. The van der Waals surface area contributed by atoms with Gasteiger partial charge >= 0.3 is 0 Å². The summed E-state index contributed by atoms with van der Waals surface area (Å²) >= 11 is 0. The minimum atomic E-state index is -0.634. The third-order valence-electron chi connectivity index (χ3n) is 3.32. The molecule has 2 rings (SSSR count). The molecule has 0 aromatic heterocycles. The fourth-order valence-corrected chi connectivity index (χ4v) is 2.30. The third kappa shape index (κ3) is 3.26. The molecule has 1 unspecified atom stereocenters. The number of nitrogens with two attached hydrogens (primary N) is 1. The average Bonchev–Trinajstić information content (AvgIpc) is 2.90. The molecular weight excluding hydrogens is 261 g/mol. The van der Waals surface area contributed by atoms with E-state index < -0.39 is 17.8 Å². The zero-order valence-corrected chi connectivity index (χ0v) is 11.4. The van der Waals surface area contributed by atoms with E-state index in [1.807, 2.05) is 0 Å². The van der Waals surface area contributed by atoms with Gasteiger partial charge < -0.3 is 16.0 Å². The van der Waals surface area contributed by atoms with Gasteiger partial charge in [-0.2, -0.15) is 0 Å². The minimum absolute atomic E-state index is 0.111. The van der Waals surface area contributed by atoms with Crippen molar-refractivity contribution in [3.63, 3.8) is 0 Å². The molecule has 6 heteroatoms. The van der Waals surface area contributed by atoms with Gasteiger partial charge in [-0.1, -0.05) is 0 Å².